The van der Waals surface area contributed by atoms with Crippen LogP contribution in [0.25, 0.3) is 0 Å². The maximum absolute atomic E-state index is 12.9. The number of rotatable bonds is 6. The van der Waals surface area contributed by atoms with Crippen LogP contribution in [-0.2, 0) is 0 Å². The SMILES string of the molecule is CCOc1cc(C(=O)N2C[C@H](c3nc(C(C)C)n[nH]3)[C@@H](C3CC3)C2)[nH]n1. The number of nitrogens with one attached hydrogen (secondary N) is 2. The van der Waals surface area contributed by atoms with E-state index >= 15 is 0 Å². The van der Waals surface area contributed by atoms with E-state index in [-0.39, 0.29) is 11.8 Å². The number of hydrogen-bond donors (Lipinski definition) is 2. The van der Waals surface area contributed by atoms with Gasteiger partial charge in [-0.3, -0.25) is 15.0 Å². The molecule has 8 nitrogen and oxygen atoms in total. The van der Waals surface area contributed by atoms with Crippen molar-refractivity contribution in [2.45, 2.75) is 45.4 Å². The smallest absolute Gasteiger partial charge is 0.272 e. The van der Waals surface area contributed by atoms with Crippen molar-refractivity contribution in [3.05, 3.63) is 23.4 Å². The standard InChI is InChI=1S/C18H26N6O2/c1-4-26-15-7-14(20-21-15)18(25)24-8-12(11-5-6-11)13(9-24)17-19-16(10(2)3)22-23-17/h7,10-13H,4-6,8-9H2,1-3H3,(H,20,21)(H,19,22,23)/t12-,13+/m1/s1. The van der Waals surface area contributed by atoms with Crippen LogP contribution in [0.4, 0.5) is 0 Å². The van der Waals surface area contributed by atoms with Gasteiger partial charge in [0.05, 0.1) is 6.61 Å². The summed E-state index contributed by atoms with van der Waals surface area (Å²) in [6.45, 7) is 8.01. The average molecular weight is 358 g/mol. The van der Waals surface area contributed by atoms with E-state index in [9.17, 15) is 4.79 Å². The second kappa shape index (κ2) is 6.74. The average Bonchev–Trinajstić information content (AvgIpc) is 3.06. The van der Waals surface area contributed by atoms with Gasteiger partial charge >= 0.3 is 0 Å². The first-order chi connectivity index (χ1) is 12.6. The van der Waals surface area contributed by atoms with Crippen molar-refractivity contribution in [1.82, 2.24) is 30.3 Å². The van der Waals surface area contributed by atoms with Crippen LogP contribution >= 0.6 is 0 Å². The number of amides is 1. The lowest BCUT2D eigenvalue weighted by atomic mass is 9.91. The van der Waals surface area contributed by atoms with E-state index in [0.29, 0.717) is 42.5 Å². The number of carbonyl (C=O) groups is 1. The molecule has 1 amide bonds. The molecule has 2 aliphatic rings. The summed E-state index contributed by atoms with van der Waals surface area (Å²) in [6.07, 6.45) is 2.49. The molecule has 140 valence electrons. The highest BCUT2D eigenvalue weighted by molar-refractivity contribution is 5.92. The lowest BCUT2D eigenvalue weighted by Crippen LogP contribution is -2.29. The van der Waals surface area contributed by atoms with Crippen LogP contribution in [0, 0.1) is 11.8 Å². The first kappa shape index (κ1) is 17.1. The molecule has 0 bridgehead atoms. The zero-order valence-electron chi connectivity index (χ0n) is 15.5. The molecule has 2 fully saturated rings. The molecule has 1 saturated heterocycles. The minimum Gasteiger partial charge on any atom is -0.477 e. The maximum Gasteiger partial charge on any atom is 0.272 e. The quantitative estimate of drug-likeness (QED) is 0.825. The normalized spacial score (nSPS) is 23.0. The Bertz CT molecular complexity index is 778. The Morgan fingerprint density at radius 3 is 2.77 bits per heavy atom. The fourth-order valence-electron chi connectivity index (χ4n) is 3.80. The first-order valence-corrected chi connectivity index (χ1v) is 9.46. The predicted molar refractivity (Wildman–Crippen MR) is 95.1 cm³/mol. The van der Waals surface area contributed by atoms with Crippen LogP contribution in [0.2, 0.25) is 0 Å². The van der Waals surface area contributed by atoms with Gasteiger partial charge in [-0.2, -0.15) is 5.10 Å². The van der Waals surface area contributed by atoms with Gasteiger partial charge in [-0.05, 0) is 31.6 Å². The highest BCUT2D eigenvalue weighted by Gasteiger charge is 2.46. The van der Waals surface area contributed by atoms with Gasteiger partial charge in [-0.15, -0.1) is 5.10 Å². The largest absolute Gasteiger partial charge is 0.477 e. The van der Waals surface area contributed by atoms with Gasteiger partial charge in [0.1, 0.15) is 11.5 Å². The van der Waals surface area contributed by atoms with Crippen LogP contribution in [0.3, 0.4) is 0 Å². The summed E-state index contributed by atoms with van der Waals surface area (Å²) in [6, 6.07) is 1.68. The van der Waals surface area contributed by atoms with E-state index in [0.717, 1.165) is 18.2 Å². The maximum atomic E-state index is 12.9. The van der Waals surface area contributed by atoms with Crippen molar-refractivity contribution in [2.24, 2.45) is 11.8 Å². The van der Waals surface area contributed by atoms with Crippen LogP contribution < -0.4 is 4.74 Å². The van der Waals surface area contributed by atoms with E-state index in [4.69, 9.17) is 9.72 Å². The van der Waals surface area contributed by atoms with E-state index in [1.165, 1.54) is 12.8 Å². The lowest BCUT2D eigenvalue weighted by molar-refractivity contribution is 0.0778. The number of aromatic nitrogens is 5. The molecule has 1 aliphatic heterocycles. The van der Waals surface area contributed by atoms with Crippen LogP contribution in [0.1, 0.15) is 67.6 Å². The molecule has 0 aromatic carbocycles. The zero-order chi connectivity index (χ0) is 18.3. The molecule has 3 heterocycles. The summed E-state index contributed by atoms with van der Waals surface area (Å²) in [7, 11) is 0. The third-order valence-corrected chi connectivity index (χ3v) is 5.34. The summed E-state index contributed by atoms with van der Waals surface area (Å²) >= 11 is 0. The molecule has 2 N–H and O–H groups in total. The van der Waals surface area contributed by atoms with Crippen molar-refractivity contribution in [2.75, 3.05) is 19.7 Å². The molecule has 2 aromatic heterocycles. The number of carbonyl (C=O) groups excluding carboxylic acids is 1. The highest BCUT2D eigenvalue weighted by atomic mass is 16.5. The minimum absolute atomic E-state index is 0.0276. The fourth-order valence-corrected chi connectivity index (χ4v) is 3.80. The number of aromatic amines is 2. The molecule has 4 rings (SSSR count). The number of hydrogen-bond acceptors (Lipinski definition) is 5. The molecule has 1 aliphatic carbocycles. The van der Waals surface area contributed by atoms with E-state index in [2.05, 4.69) is 34.2 Å². The van der Waals surface area contributed by atoms with Crippen LogP contribution in [0.5, 0.6) is 5.88 Å². The molecule has 8 heteroatoms. The fraction of sp³-hybridized carbons (Fsp3) is 0.667. The second-order valence-corrected chi connectivity index (χ2v) is 7.60. The van der Waals surface area contributed by atoms with Crippen molar-refractivity contribution in [3.8, 4) is 5.88 Å². The Morgan fingerprint density at radius 1 is 1.31 bits per heavy atom. The number of nitrogens with zero attached hydrogens (tertiary/aromatic N) is 4. The van der Waals surface area contributed by atoms with Gasteiger partial charge in [0, 0.05) is 31.0 Å². The Balaban J connectivity index is 1.52. The Kier molecular flexibility index (Phi) is 4.42. The molecule has 1 saturated carbocycles. The van der Waals surface area contributed by atoms with Crippen molar-refractivity contribution in [1.29, 1.82) is 0 Å². The third-order valence-electron chi connectivity index (χ3n) is 5.34. The molecular formula is C18H26N6O2. The minimum atomic E-state index is -0.0276. The second-order valence-electron chi connectivity index (χ2n) is 7.60. The van der Waals surface area contributed by atoms with Gasteiger partial charge in [0.25, 0.3) is 5.91 Å². The van der Waals surface area contributed by atoms with Gasteiger partial charge in [0.2, 0.25) is 5.88 Å². The summed E-state index contributed by atoms with van der Waals surface area (Å²) in [4.78, 5) is 19.5. The number of likely N-dealkylation sites (tertiary alicyclic amines) is 1. The molecule has 2 aromatic rings. The van der Waals surface area contributed by atoms with Gasteiger partial charge in [0.15, 0.2) is 5.82 Å². The molecule has 26 heavy (non-hydrogen) atoms. The molecular weight excluding hydrogens is 332 g/mol. The predicted octanol–water partition coefficient (Wildman–Crippen LogP) is 2.32. The summed E-state index contributed by atoms with van der Waals surface area (Å²) in [5.74, 6) is 3.84. The topological polar surface area (TPSA) is 99.8 Å². The van der Waals surface area contributed by atoms with Crippen molar-refractivity contribution in [3.63, 3.8) is 0 Å². The van der Waals surface area contributed by atoms with Gasteiger partial charge in [-0.1, -0.05) is 13.8 Å². The molecule has 0 spiro atoms. The molecule has 0 radical (unpaired) electrons. The first-order valence-electron chi connectivity index (χ1n) is 9.46. The lowest BCUT2D eigenvalue weighted by Gasteiger charge is -2.14. The monoisotopic (exact) mass is 358 g/mol. The third kappa shape index (κ3) is 3.20. The Morgan fingerprint density at radius 2 is 2.12 bits per heavy atom. The van der Waals surface area contributed by atoms with Gasteiger partial charge in [-0.25, -0.2) is 4.98 Å². The van der Waals surface area contributed by atoms with E-state index in [1.54, 1.807) is 6.07 Å². The van der Waals surface area contributed by atoms with Gasteiger partial charge < -0.3 is 9.64 Å². The number of ether oxygens (including phenoxy) is 1. The number of H-pyrrole nitrogens is 2. The van der Waals surface area contributed by atoms with Crippen molar-refractivity contribution < 1.29 is 9.53 Å². The highest BCUT2D eigenvalue weighted by Crippen LogP contribution is 2.47. The molecule has 2 atom stereocenters. The van der Waals surface area contributed by atoms with Crippen LogP contribution in [-0.4, -0.2) is 55.9 Å². The summed E-state index contributed by atoms with van der Waals surface area (Å²) in [5, 5.41) is 14.3. The summed E-state index contributed by atoms with van der Waals surface area (Å²) < 4.78 is 5.35. The van der Waals surface area contributed by atoms with Crippen LogP contribution in [0.15, 0.2) is 6.07 Å². The van der Waals surface area contributed by atoms with Crippen molar-refractivity contribution >= 4 is 5.91 Å². The zero-order valence-corrected chi connectivity index (χ0v) is 15.5. The van der Waals surface area contributed by atoms with E-state index < -0.39 is 0 Å². The van der Waals surface area contributed by atoms with E-state index in [1.807, 2.05) is 11.8 Å². The summed E-state index contributed by atoms with van der Waals surface area (Å²) in [5.41, 5.74) is 0.476. The Hall–Kier alpha value is -2.38. The molecule has 0 unspecified atom stereocenters. The Labute approximate surface area is 152 Å².